The van der Waals surface area contributed by atoms with Crippen molar-refractivity contribution in [2.45, 2.75) is 27.7 Å². The highest BCUT2D eigenvalue weighted by molar-refractivity contribution is 7.18. The van der Waals surface area contributed by atoms with Gasteiger partial charge in [0.25, 0.3) is 5.91 Å². The number of benzene rings is 2. The molecule has 2 amide bonds. The fourth-order valence-corrected chi connectivity index (χ4v) is 3.49. The Balaban J connectivity index is 1.77. The third-order valence-electron chi connectivity index (χ3n) is 4.15. The van der Waals surface area contributed by atoms with Crippen molar-refractivity contribution in [2.75, 3.05) is 10.6 Å². The summed E-state index contributed by atoms with van der Waals surface area (Å²) >= 11 is 1.26. The smallest absolute Gasteiger partial charge is 0.266 e. The normalized spacial score (nSPS) is 11.0. The molecule has 150 valence electrons. The van der Waals surface area contributed by atoms with Crippen molar-refractivity contribution >= 4 is 33.8 Å². The van der Waals surface area contributed by atoms with Crippen LogP contribution < -0.4 is 15.4 Å². The van der Waals surface area contributed by atoms with Crippen molar-refractivity contribution < 1.29 is 14.3 Å². The average molecular weight is 409 g/mol. The topological polar surface area (TPSA) is 67.4 Å². The van der Waals surface area contributed by atoms with Crippen LogP contribution in [0.3, 0.4) is 0 Å². The van der Waals surface area contributed by atoms with Crippen molar-refractivity contribution in [3.8, 4) is 11.5 Å². The van der Waals surface area contributed by atoms with Crippen molar-refractivity contribution in [3.05, 3.63) is 71.1 Å². The van der Waals surface area contributed by atoms with Gasteiger partial charge in [0.1, 0.15) is 5.75 Å². The van der Waals surface area contributed by atoms with E-state index in [2.05, 4.69) is 10.6 Å². The molecule has 29 heavy (non-hydrogen) atoms. The Morgan fingerprint density at radius 3 is 2.28 bits per heavy atom. The number of nitrogens with one attached hydrogen (secondary N) is 2. The van der Waals surface area contributed by atoms with Crippen LogP contribution in [0.25, 0.3) is 0 Å². The number of para-hydroxylation sites is 3. The van der Waals surface area contributed by atoms with Crippen LogP contribution >= 0.6 is 11.3 Å². The van der Waals surface area contributed by atoms with Gasteiger partial charge in [0.05, 0.1) is 15.6 Å². The minimum Gasteiger partial charge on any atom is -0.455 e. The van der Waals surface area contributed by atoms with E-state index >= 15 is 0 Å². The fourth-order valence-electron chi connectivity index (χ4n) is 2.52. The highest BCUT2D eigenvalue weighted by Crippen LogP contribution is 2.32. The van der Waals surface area contributed by atoms with Gasteiger partial charge in [-0.3, -0.25) is 9.59 Å². The van der Waals surface area contributed by atoms with Crippen LogP contribution in [0.1, 0.15) is 36.0 Å². The summed E-state index contributed by atoms with van der Waals surface area (Å²) in [4.78, 5) is 25.6. The molecule has 6 heteroatoms. The first-order valence-electron chi connectivity index (χ1n) is 9.29. The number of carbonyl (C=O) groups is 2. The third-order valence-corrected chi connectivity index (χ3v) is 5.30. The van der Waals surface area contributed by atoms with Gasteiger partial charge in [-0.05, 0) is 42.8 Å². The van der Waals surface area contributed by atoms with E-state index in [4.69, 9.17) is 4.74 Å². The van der Waals surface area contributed by atoms with E-state index in [-0.39, 0.29) is 11.8 Å². The molecule has 1 heterocycles. The molecule has 3 rings (SSSR count). The fraction of sp³-hybridized carbons (Fsp3) is 0.217. The van der Waals surface area contributed by atoms with E-state index in [0.29, 0.717) is 27.1 Å². The summed E-state index contributed by atoms with van der Waals surface area (Å²) in [6.07, 6.45) is 0. The van der Waals surface area contributed by atoms with Gasteiger partial charge in [-0.1, -0.05) is 51.1 Å². The molecule has 2 N–H and O–H groups in total. The van der Waals surface area contributed by atoms with Crippen molar-refractivity contribution in [1.29, 1.82) is 0 Å². The summed E-state index contributed by atoms with van der Waals surface area (Å²) in [6.45, 7) is 7.39. The second kappa shape index (κ2) is 8.49. The number of thiophene rings is 1. The maximum absolute atomic E-state index is 12.9. The Kier molecular flexibility index (Phi) is 6.03. The number of ether oxygens (including phenoxy) is 1. The van der Waals surface area contributed by atoms with Crippen LogP contribution in [0.15, 0.2) is 60.7 Å². The molecule has 0 spiro atoms. The van der Waals surface area contributed by atoms with Gasteiger partial charge < -0.3 is 15.4 Å². The number of rotatable bonds is 5. The molecule has 0 aliphatic heterocycles. The molecule has 5 nitrogen and oxygen atoms in total. The van der Waals surface area contributed by atoms with E-state index in [1.807, 2.05) is 76.2 Å². The Hall–Kier alpha value is -3.12. The molecular weight excluding hydrogens is 384 g/mol. The van der Waals surface area contributed by atoms with Gasteiger partial charge in [0, 0.05) is 5.41 Å². The van der Waals surface area contributed by atoms with Crippen LogP contribution in [0, 0.1) is 12.3 Å². The van der Waals surface area contributed by atoms with Crippen LogP contribution in [-0.4, -0.2) is 11.8 Å². The van der Waals surface area contributed by atoms with Gasteiger partial charge in [-0.25, -0.2) is 0 Å². The minimum absolute atomic E-state index is 0.0904. The van der Waals surface area contributed by atoms with Crippen LogP contribution in [-0.2, 0) is 4.79 Å². The van der Waals surface area contributed by atoms with Crippen LogP contribution in [0.2, 0.25) is 0 Å². The molecular formula is C23H24N2O3S. The predicted octanol–water partition coefficient (Wildman–Crippen LogP) is 6.09. The molecule has 0 bridgehead atoms. The minimum atomic E-state index is -0.506. The predicted molar refractivity (Wildman–Crippen MR) is 118 cm³/mol. The molecule has 2 aromatic carbocycles. The zero-order chi connectivity index (χ0) is 21.0. The summed E-state index contributed by atoms with van der Waals surface area (Å²) in [6, 6.07) is 18.5. The number of carbonyl (C=O) groups excluding carboxylic acids is 2. The van der Waals surface area contributed by atoms with Gasteiger partial charge in [0.2, 0.25) is 5.91 Å². The summed E-state index contributed by atoms with van der Waals surface area (Å²) < 4.78 is 5.90. The Morgan fingerprint density at radius 1 is 0.931 bits per heavy atom. The number of hydrogen-bond donors (Lipinski definition) is 2. The monoisotopic (exact) mass is 408 g/mol. The van der Waals surface area contributed by atoms with E-state index in [9.17, 15) is 9.59 Å². The zero-order valence-electron chi connectivity index (χ0n) is 16.9. The second-order valence-electron chi connectivity index (χ2n) is 7.69. The number of aryl methyl sites for hydroxylation is 1. The number of hydrogen-bond acceptors (Lipinski definition) is 4. The van der Waals surface area contributed by atoms with E-state index < -0.39 is 5.41 Å². The lowest BCUT2D eigenvalue weighted by molar-refractivity contribution is -0.123. The molecule has 0 fully saturated rings. The molecule has 0 aliphatic carbocycles. The molecule has 0 atom stereocenters. The first kappa shape index (κ1) is 20.6. The highest BCUT2D eigenvalue weighted by Gasteiger charge is 2.23. The van der Waals surface area contributed by atoms with E-state index in [0.717, 1.165) is 5.56 Å². The van der Waals surface area contributed by atoms with Crippen molar-refractivity contribution in [2.24, 2.45) is 5.41 Å². The number of amides is 2. The Morgan fingerprint density at radius 2 is 1.59 bits per heavy atom. The summed E-state index contributed by atoms with van der Waals surface area (Å²) in [5, 5.41) is 6.45. The molecule has 1 aromatic heterocycles. The summed E-state index contributed by atoms with van der Waals surface area (Å²) in [5.41, 5.74) is 0.876. The van der Waals surface area contributed by atoms with Crippen molar-refractivity contribution in [3.63, 3.8) is 0 Å². The average Bonchev–Trinajstić information content (AvgIpc) is 3.03. The highest BCUT2D eigenvalue weighted by atomic mass is 32.1. The maximum atomic E-state index is 12.9. The molecule has 0 saturated heterocycles. The quantitative estimate of drug-likeness (QED) is 0.537. The SMILES string of the molecule is Cc1cc(NC(=O)C(C)(C)C)sc1C(=O)Nc1ccccc1Oc1ccccc1. The maximum Gasteiger partial charge on any atom is 0.266 e. The zero-order valence-corrected chi connectivity index (χ0v) is 17.7. The first-order valence-corrected chi connectivity index (χ1v) is 10.1. The van der Waals surface area contributed by atoms with Crippen LogP contribution in [0.4, 0.5) is 10.7 Å². The lowest BCUT2D eigenvalue weighted by Crippen LogP contribution is -2.27. The van der Waals surface area contributed by atoms with E-state index in [1.165, 1.54) is 11.3 Å². The van der Waals surface area contributed by atoms with Gasteiger partial charge >= 0.3 is 0 Å². The molecule has 3 aromatic rings. The summed E-state index contributed by atoms with van der Waals surface area (Å²) in [7, 11) is 0. The molecule has 0 unspecified atom stereocenters. The summed E-state index contributed by atoms with van der Waals surface area (Å²) in [5.74, 6) is 0.913. The lowest BCUT2D eigenvalue weighted by atomic mass is 9.96. The standard InChI is InChI=1S/C23H24N2O3S/c1-15-14-19(25-22(27)23(2,3)4)29-20(15)21(26)24-17-12-8-9-13-18(17)28-16-10-6-5-7-11-16/h5-14H,1-4H3,(H,24,26)(H,25,27). The third kappa shape index (κ3) is 5.23. The van der Waals surface area contributed by atoms with E-state index in [1.54, 1.807) is 12.1 Å². The Bertz CT molecular complexity index is 1020. The second-order valence-corrected chi connectivity index (χ2v) is 8.74. The van der Waals surface area contributed by atoms with Gasteiger partial charge in [-0.15, -0.1) is 11.3 Å². The van der Waals surface area contributed by atoms with Crippen LogP contribution in [0.5, 0.6) is 11.5 Å². The largest absolute Gasteiger partial charge is 0.455 e. The molecule has 0 aliphatic rings. The Labute approximate surface area is 174 Å². The first-order chi connectivity index (χ1) is 13.7. The number of anilines is 2. The van der Waals surface area contributed by atoms with Gasteiger partial charge in [0.15, 0.2) is 5.75 Å². The molecule has 0 saturated carbocycles. The lowest BCUT2D eigenvalue weighted by Gasteiger charge is -2.16. The van der Waals surface area contributed by atoms with Gasteiger partial charge in [-0.2, -0.15) is 0 Å². The van der Waals surface area contributed by atoms with Crippen molar-refractivity contribution in [1.82, 2.24) is 0 Å². The molecule has 0 radical (unpaired) electrons.